The molecule has 2 N–H and O–H groups in total. The minimum Gasteiger partial charge on any atom is -0.477 e. The van der Waals surface area contributed by atoms with Gasteiger partial charge in [0.05, 0.1) is 12.2 Å². The Hall–Kier alpha value is -2.05. The van der Waals surface area contributed by atoms with Crippen molar-refractivity contribution in [2.45, 2.75) is 6.42 Å². The molecule has 0 spiro atoms. The number of hydrogen-bond donors (Lipinski definition) is 2. The van der Waals surface area contributed by atoms with Crippen molar-refractivity contribution in [2.24, 2.45) is 0 Å². The summed E-state index contributed by atoms with van der Waals surface area (Å²) in [6.07, 6.45) is -0.0713. The van der Waals surface area contributed by atoms with Gasteiger partial charge >= 0.3 is 5.97 Å². The molecule has 0 aliphatic heterocycles. The molecule has 0 atom stereocenters. The van der Waals surface area contributed by atoms with Crippen molar-refractivity contribution in [2.75, 3.05) is 6.67 Å². The third-order valence-electron chi connectivity index (χ3n) is 2.26. The summed E-state index contributed by atoms with van der Waals surface area (Å²) >= 11 is 0. The summed E-state index contributed by atoms with van der Waals surface area (Å²) < 4.78 is 39.0. The largest absolute Gasteiger partial charge is 0.477 e. The molecular weight excluding hydrogens is 237 g/mol. The highest BCUT2D eigenvalue weighted by Crippen LogP contribution is 2.22. The van der Waals surface area contributed by atoms with Crippen molar-refractivity contribution in [3.8, 4) is 0 Å². The molecule has 7 heteroatoms. The van der Waals surface area contributed by atoms with Gasteiger partial charge in [0, 0.05) is 12.5 Å². The Morgan fingerprint density at radius 2 is 2.18 bits per heavy atom. The van der Waals surface area contributed by atoms with E-state index in [9.17, 15) is 18.0 Å². The Labute approximate surface area is 93.1 Å². The number of aryl methyl sites for hydroxylation is 1. The number of carboxylic acid groups (broad SMARTS) is 1. The fraction of sp³-hybridized carbons (Fsp3) is 0.200. The van der Waals surface area contributed by atoms with Crippen LogP contribution < -0.4 is 0 Å². The SMILES string of the molecule is O=C(O)c1c(F)cc2[nH]c(CCF)nc2c1F. The lowest BCUT2D eigenvalue weighted by atomic mass is 10.1. The van der Waals surface area contributed by atoms with Gasteiger partial charge in [0.2, 0.25) is 0 Å². The molecule has 1 aromatic carbocycles. The van der Waals surface area contributed by atoms with Crippen LogP contribution in [0.3, 0.4) is 0 Å². The van der Waals surface area contributed by atoms with Crippen LogP contribution in [0.1, 0.15) is 16.2 Å². The number of alkyl halides is 1. The third kappa shape index (κ3) is 1.83. The van der Waals surface area contributed by atoms with Crippen molar-refractivity contribution >= 4 is 17.0 Å². The van der Waals surface area contributed by atoms with Crippen molar-refractivity contribution < 1.29 is 23.1 Å². The van der Waals surface area contributed by atoms with E-state index in [0.717, 1.165) is 6.07 Å². The van der Waals surface area contributed by atoms with E-state index in [1.165, 1.54) is 0 Å². The first-order valence-electron chi connectivity index (χ1n) is 4.70. The molecule has 0 radical (unpaired) electrons. The lowest BCUT2D eigenvalue weighted by molar-refractivity contribution is 0.0687. The normalized spacial score (nSPS) is 11.0. The number of H-pyrrole nitrogens is 1. The van der Waals surface area contributed by atoms with Gasteiger partial charge in [0.25, 0.3) is 0 Å². The maximum atomic E-state index is 13.6. The highest BCUT2D eigenvalue weighted by Gasteiger charge is 2.21. The van der Waals surface area contributed by atoms with Gasteiger partial charge in [-0.25, -0.2) is 18.6 Å². The van der Waals surface area contributed by atoms with Crippen LogP contribution >= 0.6 is 0 Å². The van der Waals surface area contributed by atoms with E-state index in [0.29, 0.717) is 0 Å². The highest BCUT2D eigenvalue weighted by atomic mass is 19.1. The number of aromatic nitrogens is 2. The molecule has 2 aromatic rings. The standard InChI is InChI=1S/C10H7F3N2O2/c11-2-1-6-14-5-3-4(12)7(10(16)17)8(13)9(5)15-6/h3H,1-2H2,(H,14,15)(H,16,17). The number of benzene rings is 1. The maximum Gasteiger partial charge on any atom is 0.341 e. The summed E-state index contributed by atoms with van der Waals surface area (Å²) in [5.41, 5.74) is -1.35. The second-order valence-electron chi connectivity index (χ2n) is 3.37. The molecular formula is C10H7F3N2O2. The molecule has 0 bridgehead atoms. The summed E-state index contributed by atoms with van der Waals surface area (Å²) in [4.78, 5) is 16.8. The van der Waals surface area contributed by atoms with Crippen molar-refractivity contribution in [3.05, 3.63) is 29.1 Å². The Morgan fingerprint density at radius 3 is 2.76 bits per heavy atom. The Kier molecular flexibility index (Phi) is 2.74. The average Bonchev–Trinajstić information content (AvgIpc) is 2.60. The van der Waals surface area contributed by atoms with Gasteiger partial charge in [-0.15, -0.1) is 0 Å². The minimum absolute atomic E-state index is 0.00782. The zero-order valence-corrected chi connectivity index (χ0v) is 8.43. The molecule has 0 fully saturated rings. The molecule has 17 heavy (non-hydrogen) atoms. The fourth-order valence-electron chi connectivity index (χ4n) is 1.54. The van der Waals surface area contributed by atoms with Gasteiger partial charge in [0.1, 0.15) is 22.7 Å². The zero-order valence-electron chi connectivity index (χ0n) is 8.43. The average molecular weight is 244 g/mol. The van der Waals surface area contributed by atoms with Crippen LogP contribution in [-0.4, -0.2) is 27.7 Å². The van der Waals surface area contributed by atoms with E-state index in [2.05, 4.69) is 9.97 Å². The predicted octanol–water partition coefficient (Wildman–Crippen LogP) is 2.05. The van der Waals surface area contributed by atoms with Crippen molar-refractivity contribution in [3.63, 3.8) is 0 Å². The number of halogens is 3. The van der Waals surface area contributed by atoms with E-state index in [1.54, 1.807) is 0 Å². The second-order valence-corrected chi connectivity index (χ2v) is 3.37. The second kappa shape index (κ2) is 4.08. The van der Waals surface area contributed by atoms with Gasteiger partial charge in [-0.1, -0.05) is 0 Å². The van der Waals surface area contributed by atoms with E-state index in [1.807, 2.05) is 0 Å². The zero-order chi connectivity index (χ0) is 12.6. The molecule has 0 saturated heterocycles. The van der Waals surface area contributed by atoms with Gasteiger partial charge < -0.3 is 10.1 Å². The van der Waals surface area contributed by atoms with Crippen LogP contribution in [0.2, 0.25) is 0 Å². The number of hydrogen-bond acceptors (Lipinski definition) is 2. The van der Waals surface area contributed by atoms with E-state index < -0.39 is 29.8 Å². The molecule has 0 saturated carbocycles. The van der Waals surface area contributed by atoms with Crippen LogP contribution in [0.15, 0.2) is 6.07 Å². The predicted molar refractivity (Wildman–Crippen MR) is 52.6 cm³/mol. The maximum absolute atomic E-state index is 13.6. The smallest absolute Gasteiger partial charge is 0.341 e. The first-order chi connectivity index (χ1) is 8.04. The molecule has 90 valence electrons. The quantitative estimate of drug-likeness (QED) is 0.868. The van der Waals surface area contributed by atoms with Crippen LogP contribution in [0.5, 0.6) is 0 Å². The number of carbonyl (C=O) groups is 1. The lowest BCUT2D eigenvalue weighted by Crippen LogP contribution is -2.05. The molecule has 0 amide bonds. The number of imidazole rings is 1. The number of aromatic carboxylic acids is 1. The number of aromatic amines is 1. The van der Waals surface area contributed by atoms with E-state index in [4.69, 9.17) is 5.11 Å². The summed E-state index contributed by atoms with van der Waals surface area (Å²) in [5.74, 6) is -4.02. The summed E-state index contributed by atoms with van der Waals surface area (Å²) in [5, 5.41) is 8.64. The van der Waals surface area contributed by atoms with Crippen molar-refractivity contribution in [1.29, 1.82) is 0 Å². The van der Waals surface area contributed by atoms with Crippen LogP contribution in [0.25, 0.3) is 11.0 Å². The third-order valence-corrected chi connectivity index (χ3v) is 2.26. The molecule has 2 rings (SSSR count). The van der Waals surface area contributed by atoms with Gasteiger partial charge in [-0.05, 0) is 0 Å². The molecule has 0 unspecified atom stereocenters. The fourth-order valence-corrected chi connectivity index (χ4v) is 1.54. The first kappa shape index (κ1) is 11.4. The Balaban J connectivity index is 2.69. The molecule has 0 aliphatic rings. The van der Waals surface area contributed by atoms with Crippen LogP contribution in [0.4, 0.5) is 13.2 Å². The topological polar surface area (TPSA) is 66.0 Å². The number of nitrogens with one attached hydrogen (secondary N) is 1. The minimum atomic E-state index is -1.71. The Bertz CT molecular complexity index is 595. The van der Waals surface area contributed by atoms with Crippen LogP contribution in [0, 0.1) is 11.6 Å². The van der Waals surface area contributed by atoms with E-state index in [-0.39, 0.29) is 23.3 Å². The molecule has 4 nitrogen and oxygen atoms in total. The Morgan fingerprint density at radius 1 is 1.47 bits per heavy atom. The summed E-state index contributed by atoms with van der Waals surface area (Å²) in [6.45, 7) is -0.699. The first-order valence-corrected chi connectivity index (χ1v) is 4.70. The monoisotopic (exact) mass is 244 g/mol. The molecule has 0 aliphatic carbocycles. The number of rotatable bonds is 3. The summed E-state index contributed by atoms with van der Waals surface area (Å²) in [7, 11) is 0. The number of carboxylic acids is 1. The van der Waals surface area contributed by atoms with Crippen molar-refractivity contribution in [1.82, 2.24) is 9.97 Å². The molecule has 1 aromatic heterocycles. The number of nitrogens with zero attached hydrogens (tertiary/aromatic N) is 1. The summed E-state index contributed by atoms with van der Waals surface area (Å²) in [6, 6.07) is 0.830. The lowest BCUT2D eigenvalue weighted by Gasteiger charge is -1.99. The van der Waals surface area contributed by atoms with Gasteiger partial charge in [-0.2, -0.15) is 0 Å². The highest BCUT2D eigenvalue weighted by molar-refractivity contribution is 5.93. The molecule has 1 heterocycles. The number of fused-ring (bicyclic) bond motifs is 1. The van der Waals surface area contributed by atoms with Gasteiger partial charge in [0.15, 0.2) is 5.82 Å². The van der Waals surface area contributed by atoms with Crippen LogP contribution in [-0.2, 0) is 6.42 Å². The van der Waals surface area contributed by atoms with E-state index >= 15 is 0 Å². The van der Waals surface area contributed by atoms with Gasteiger partial charge in [-0.3, -0.25) is 4.39 Å².